The summed E-state index contributed by atoms with van der Waals surface area (Å²) in [5.41, 5.74) is -1.62. The fourth-order valence-electron chi connectivity index (χ4n) is 1.77. The van der Waals surface area contributed by atoms with Crippen LogP contribution in [-0.2, 0) is 9.59 Å². The smallest absolute Gasteiger partial charge is 0.152 e. The van der Waals surface area contributed by atoms with Crippen molar-refractivity contribution in [2.45, 2.75) is 61.3 Å². The van der Waals surface area contributed by atoms with E-state index in [1.165, 1.54) is 0 Å². The van der Waals surface area contributed by atoms with Crippen LogP contribution in [0.15, 0.2) is 0 Å². The number of hydrogen-bond acceptors (Lipinski definition) is 2. The molecule has 16 heavy (non-hydrogen) atoms. The molecule has 0 heterocycles. The van der Waals surface area contributed by atoms with E-state index in [-0.39, 0.29) is 16.6 Å². The molecule has 0 fully saturated rings. The highest BCUT2D eigenvalue weighted by Gasteiger charge is 2.49. The van der Waals surface area contributed by atoms with Crippen LogP contribution >= 0.6 is 0 Å². The summed E-state index contributed by atoms with van der Waals surface area (Å²) in [7, 11) is 0. The van der Waals surface area contributed by atoms with Gasteiger partial charge in [0.25, 0.3) is 0 Å². The molecule has 0 aliphatic heterocycles. The second kappa shape index (κ2) is 4.68. The molecule has 0 saturated carbocycles. The average Bonchev–Trinajstić information content (AvgIpc) is 2.24. The van der Waals surface area contributed by atoms with Crippen molar-refractivity contribution >= 4 is 12.1 Å². The van der Waals surface area contributed by atoms with Gasteiger partial charge in [0.05, 0.1) is 5.41 Å². The van der Waals surface area contributed by atoms with Crippen molar-refractivity contribution < 1.29 is 9.59 Å². The van der Waals surface area contributed by atoms with Gasteiger partial charge < -0.3 is 4.79 Å². The van der Waals surface area contributed by atoms with Gasteiger partial charge in [-0.05, 0) is 25.2 Å². The molecule has 2 heteroatoms. The normalized spacial score (nSPS) is 16.7. The molecule has 0 aromatic heterocycles. The molecular weight excluding hydrogens is 200 g/mol. The first-order valence-electron chi connectivity index (χ1n) is 6.10. The minimum Gasteiger partial charge on any atom is -0.302 e. The van der Waals surface area contributed by atoms with Crippen LogP contribution in [0, 0.1) is 16.2 Å². The van der Waals surface area contributed by atoms with E-state index >= 15 is 0 Å². The Hall–Kier alpha value is -0.660. The van der Waals surface area contributed by atoms with E-state index in [4.69, 9.17) is 0 Å². The quantitative estimate of drug-likeness (QED) is 0.530. The molecule has 0 bridgehead atoms. The van der Waals surface area contributed by atoms with Gasteiger partial charge in [-0.15, -0.1) is 0 Å². The predicted molar refractivity (Wildman–Crippen MR) is 67.3 cm³/mol. The Labute approximate surface area is 99.8 Å². The first-order valence-corrected chi connectivity index (χ1v) is 6.10. The Morgan fingerprint density at radius 3 is 1.56 bits per heavy atom. The van der Waals surface area contributed by atoms with Crippen molar-refractivity contribution in [2.24, 2.45) is 16.2 Å². The zero-order valence-electron chi connectivity index (χ0n) is 11.8. The van der Waals surface area contributed by atoms with Gasteiger partial charge in [-0.2, -0.15) is 0 Å². The Morgan fingerprint density at radius 2 is 1.38 bits per heavy atom. The maximum atomic E-state index is 12.6. The van der Waals surface area contributed by atoms with Crippen molar-refractivity contribution in [2.75, 3.05) is 0 Å². The highest BCUT2D eigenvalue weighted by molar-refractivity contribution is 6.01. The summed E-state index contributed by atoms with van der Waals surface area (Å²) in [5.74, 6) is 0.0764. The van der Waals surface area contributed by atoms with Crippen LogP contribution in [0.3, 0.4) is 0 Å². The number of rotatable bonds is 5. The average molecular weight is 226 g/mol. The van der Waals surface area contributed by atoms with Crippen molar-refractivity contribution in [3.8, 4) is 0 Å². The number of aldehydes is 1. The van der Waals surface area contributed by atoms with Gasteiger partial charge in [0.2, 0.25) is 0 Å². The summed E-state index contributed by atoms with van der Waals surface area (Å²) in [6.07, 6.45) is 2.39. The molecule has 0 saturated heterocycles. The minimum atomic E-state index is -0.895. The van der Waals surface area contributed by atoms with Crippen LogP contribution in [0.4, 0.5) is 0 Å². The molecule has 0 aliphatic rings. The lowest BCUT2D eigenvalue weighted by atomic mass is 9.59. The monoisotopic (exact) mass is 226 g/mol. The molecule has 1 unspecified atom stereocenters. The summed E-state index contributed by atoms with van der Waals surface area (Å²) >= 11 is 0. The zero-order valence-corrected chi connectivity index (χ0v) is 11.8. The number of carbonyl (C=O) groups excluding carboxylic acids is 2. The van der Waals surface area contributed by atoms with E-state index in [0.717, 1.165) is 19.1 Å². The molecule has 0 N–H and O–H groups in total. The molecule has 0 aromatic rings. The summed E-state index contributed by atoms with van der Waals surface area (Å²) in [6, 6.07) is 0. The van der Waals surface area contributed by atoms with E-state index in [9.17, 15) is 9.59 Å². The molecule has 1 atom stereocenters. The molecule has 0 rings (SSSR count). The van der Waals surface area contributed by atoms with Gasteiger partial charge in [0, 0.05) is 5.41 Å². The first kappa shape index (κ1) is 15.3. The number of hydrogen-bond donors (Lipinski definition) is 0. The van der Waals surface area contributed by atoms with E-state index in [0.29, 0.717) is 0 Å². The van der Waals surface area contributed by atoms with Gasteiger partial charge in [0.15, 0.2) is 5.78 Å². The largest absolute Gasteiger partial charge is 0.302 e. The summed E-state index contributed by atoms with van der Waals surface area (Å²) in [6.45, 7) is 13.6. The molecule has 0 aliphatic carbocycles. The summed E-state index contributed by atoms with van der Waals surface area (Å²) in [4.78, 5) is 24.0. The molecule has 94 valence electrons. The molecule has 0 spiro atoms. The minimum absolute atomic E-state index is 0.0764. The van der Waals surface area contributed by atoms with Crippen LogP contribution < -0.4 is 0 Å². The van der Waals surface area contributed by atoms with Crippen molar-refractivity contribution in [3.63, 3.8) is 0 Å². The maximum Gasteiger partial charge on any atom is 0.152 e. The van der Waals surface area contributed by atoms with Crippen molar-refractivity contribution in [1.29, 1.82) is 0 Å². The van der Waals surface area contributed by atoms with Crippen LogP contribution in [0.1, 0.15) is 61.3 Å². The maximum absolute atomic E-state index is 12.6. The van der Waals surface area contributed by atoms with Crippen LogP contribution in [0.2, 0.25) is 0 Å². The van der Waals surface area contributed by atoms with Gasteiger partial charge >= 0.3 is 0 Å². The lowest BCUT2D eigenvalue weighted by Crippen LogP contribution is -2.48. The third-order valence-corrected chi connectivity index (χ3v) is 4.37. The highest BCUT2D eigenvalue weighted by Crippen LogP contribution is 2.44. The number of Topliss-reactive ketones (excluding diaryl/α,β-unsaturated/α-hetero) is 1. The number of carbonyl (C=O) groups is 2. The molecule has 2 nitrogen and oxygen atoms in total. The summed E-state index contributed by atoms with van der Waals surface area (Å²) < 4.78 is 0. The number of ketones is 1. The second-order valence-electron chi connectivity index (χ2n) is 6.17. The lowest BCUT2D eigenvalue weighted by molar-refractivity contribution is -0.148. The van der Waals surface area contributed by atoms with Gasteiger partial charge in [-0.3, -0.25) is 4.79 Å². The Bertz CT molecular complexity index is 269. The Kier molecular flexibility index (Phi) is 4.49. The van der Waals surface area contributed by atoms with Crippen molar-refractivity contribution in [3.05, 3.63) is 0 Å². The topological polar surface area (TPSA) is 34.1 Å². The predicted octanol–water partition coefficient (Wildman–Crippen LogP) is 3.63. The van der Waals surface area contributed by atoms with Gasteiger partial charge in [0.1, 0.15) is 6.29 Å². The Balaban J connectivity index is 5.46. The highest BCUT2D eigenvalue weighted by atomic mass is 16.1. The van der Waals surface area contributed by atoms with E-state index in [1.807, 2.05) is 41.5 Å². The van der Waals surface area contributed by atoms with Gasteiger partial charge in [-0.1, -0.05) is 41.5 Å². The summed E-state index contributed by atoms with van der Waals surface area (Å²) in [5, 5.41) is 0. The Morgan fingerprint density at radius 1 is 1.00 bits per heavy atom. The third kappa shape index (κ3) is 2.36. The van der Waals surface area contributed by atoms with E-state index < -0.39 is 5.41 Å². The van der Waals surface area contributed by atoms with Crippen LogP contribution in [0.25, 0.3) is 0 Å². The fraction of sp³-hybridized carbons (Fsp3) is 0.857. The SMILES string of the molecule is CCC(C)(CC)C(=O)C(C)(C=O)C(C)(C)C. The third-order valence-electron chi connectivity index (χ3n) is 4.37. The van der Waals surface area contributed by atoms with Crippen LogP contribution in [-0.4, -0.2) is 12.1 Å². The fourth-order valence-corrected chi connectivity index (χ4v) is 1.77. The van der Waals surface area contributed by atoms with E-state index in [1.54, 1.807) is 6.92 Å². The lowest BCUT2D eigenvalue weighted by Gasteiger charge is -2.41. The second-order valence-corrected chi connectivity index (χ2v) is 6.17. The molecule has 0 amide bonds. The zero-order chi connectivity index (χ0) is 13.2. The molecular formula is C14H26O2. The first-order chi connectivity index (χ1) is 7.09. The van der Waals surface area contributed by atoms with Gasteiger partial charge in [-0.25, -0.2) is 0 Å². The standard InChI is InChI=1S/C14H26O2/c1-8-13(6,9-2)11(16)14(7,10-15)12(3,4)5/h10H,8-9H2,1-7H3. The molecule has 0 radical (unpaired) electrons. The van der Waals surface area contributed by atoms with Crippen molar-refractivity contribution in [1.82, 2.24) is 0 Å². The van der Waals surface area contributed by atoms with E-state index in [2.05, 4.69) is 0 Å². The van der Waals surface area contributed by atoms with Crippen LogP contribution in [0.5, 0.6) is 0 Å². The molecule has 0 aromatic carbocycles.